The van der Waals surface area contributed by atoms with Crippen molar-refractivity contribution in [3.63, 3.8) is 0 Å². The van der Waals surface area contributed by atoms with Crippen LogP contribution in [0.25, 0.3) is 0 Å². The van der Waals surface area contributed by atoms with Gasteiger partial charge in [-0.05, 0) is 30.3 Å². The summed E-state index contributed by atoms with van der Waals surface area (Å²) in [6, 6.07) is 9.83. The van der Waals surface area contributed by atoms with Gasteiger partial charge in [-0.15, -0.1) is 0 Å². The second-order valence-corrected chi connectivity index (χ2v) is 4.27. The number of rotatable bonds is 2. The van der Waals surface area contributed by atoms with Gasteiger partial charge in [0, 0.05) is 5.69 Å². The van der Waals surface area contributed by atoms with Crippen LogP contribution in [0.5, 0.6) is 0 Å². The van der Waals surface area contributed by atoms with Crippen LogP contribution in [0, 0.1) is 11.3 Å². The van der Waals surface area contributed by atoms with Gasteiger partial charge in [-0.3, -0.25) is 0 Å². The summed E-state index contributed by atoms with van der Waals surface area (Å²) in [5, 5.41) is 11.2. The van der Waals surface area contributed by atoms with E-state index in [-0.39, 0.29) is 11.0 Å². The zero-order chi connectivity index (χ0) is 14.8. The Kier molecular flexibility index (Phi) is 3.81. The van der Waals surface area contributed by atoms with Crippen LogP contribution in [0.15, 0.2) is 36.4 Å². The third kappa shape index (κ3) is 3.39. The summed E-state index contributed by atoms with van der Waals surface area (Å²) in [6.45, 7) is 0. The Morgan fingerprint density at radius 2 is 1.95 bits per heavy atom. The molecule has 0 amide bonds. The SMILES string of the molecule is N#Cc1cccc(Nc2cc(C(F)(F)F)cc(Cl)n2)c1. The Morgan fingerprint density at radius 3 is 2.60 bits per heavy atom. The van der Waals surface area contributed by atoms with Crippen LogP contribution in [0.2, 0.25) is 5.15 Å². The van der Waals surface area contributed by atoms with Gasteiger partial charge in [-0.1, -0.05) is 17.7 Å². The zero-order valence-electron chi connectivity index (χ0n) is 9.87. The van der Waals surface area contributed by atoms with Crippen LogP contribution in [0.3, 0.4) is 0 Å². The van der Waals surface area contributed by atoms with Gasteiger partial charge in [0.1, 0.15) is 11.0 Å². The molecule has 20 heavy (non-hydrogen) atoms. The molecule has 0 aliphatic carbocycles. The Bertz CT molecular complexity index is 677. The molecule has 7 heteroatoms. The Balaban J connectivity index is 2.34. The number of hydrogen-bond donors (Lipinski definition) is 1. The van der Waals surface area contributed by atoms with Crippen LogP contribution < -0.4 is 5.32 Å². The molecule has 1 aromatic carbocycles. The number of nitrogens with zero attached hydrogens (tertiary/aromatic N) is 2. The van der Waals surface area contributed by atoms with Crippen molar-refractivity contribution in [2.24, 2.45) is 0 Å². The van der Waals surface area contributed by atoms with Gasteiger partial charge in [-0.25, -0.2) is 4.98 Å². The maximum absolute atomic E-state index is 12.6. The fourth-order valence-electron chi connectivity index (χ4n) is 1.54. The lowest BCUT2D eigenvalue weighted by Gasteiger charge is -2.11. The van der Waals surface area contributed by atoms with Crippen molar-refractivity contribution < 1.29 is 13.2 Å². The van der Waals surface area contributed by atoms with Crippen LogP contribution >= 0.6 is 11.6 Å². The van der Waals surface area contributed by atoms with E-state index < -0.39 is 11.7 Å². The first-order chi connectivity index (χ1) is 9.38. The maximum atomic E-state index is 12.6. The van der Waals surface area contributed by atoms with Crippen LogP contribution in [0.1, 0.15) is 11.1 Å². The summed E-state index contributed by atoms with van der Waals surface area (Å²) in [5.74, 6) is -0.0417. The van der Waals surface area contributed by atoms with Crippen molar-refractivity contribution in [3.05, 3.63) is 52.7 Å². The van der Waals surface area contributed by atoms with Crippen molar-refractivity contribution in [1.82, 2.24) is 4.98 Å². The highest BCUT2D eigenvalue weighted by molar-refractivity contribution is 6.29. The molecule has 0 unspecified atom stereocenters. The summed E-state index contributed by atoms with van der Waals surface area (Å²) in [7, 11) is 0. The number of nitriles is 1. The standard InChI is InChI=1S/C13H7ClF3N3/c14-11-5-9(13(15,16)17)6-12(20-11)19-10-3-1-2-8(4-10)7-18/h1-6H,(H,19,20). The molecule has 102 valence electrons. The summed E-state index contributed by atoms with van der Waals surface area (Å²) >= 11 is 5.58. The Hall–Kier alpha value is -2.26. The number of benzene rings is 1. The average molecular weight is 298 g/mol. The molecule has 1 N–H and O–H groups in total. The van der Waals surface area contributed by atoms with Gasteiger partial charge < -0.3 is 5.32 Å². The smallest absolute Gasteiger partial charge is 0.340 e. The average Bonchev–Trinajstić information content (AvgIpc) is 2.37. The number of nitrogens with one attached hydrogen (secondary N) is 1. The predicted octanol–water partition coefficient (Wildman–Crippen LogP) is 4.37. The highest BCUT2D eigenvalue weighted by Crippen LogP contribution is 2.32. The molecular weight excluding hydrogens is 291 g/mol. The molecule has 0 aliphatic rings. The lowest BCUT2D eigenvalue weighted by Crippen LogP contribution is -2.06. The molecule has 2 aromatic rings. The van der Waals surface area contributed by atoms with Gasteiger partial charge in [0.25, 0.3) is 0 Å². The van der Waals surface area contributed by atoms with Gasteiger partial charge in [0.2, 0.25) is 0 Å². The number of halogens is 4. The molecule has 1 aromatic heterocycles. The molecule has 0 spiro atoms. The topological polar surface area (TPSA) is 48.7 Å². The number of alkyl halides is 3. The van der Waals surface area contributed by atoms with E-state index in [9.17, 15) is 13.2 Å². The van der Waals surface area contributed by atoms with Crippen molar-refractivity contribution in [1.29, 1.82) is 5.26 Å². The molecule has 0 bridgehead atoms. The molecule has 0 saturated carbocycles. The Morgan fingerprint density at radius 1 is 1.20 bits per heavy atom. The van der Waals surface area contributed by atoms with Crippen molar-refractivity contribution >= 4 is 23.1 Å². The first-order valence-electron chi connectivity index (χ1n) is 5.40. The lowest BCUT2D eigenvalue weighted by atomic mass is 10.2. The molecule has 3 nitrogen and oxygen atoms in total. The molecule has 0 fully saturated rings. The largest absolute Gasteiger partial charge is 0.416 e. The first kappa shape index (κ1) is 14.2. The molecule has 2 rings (SSSR count). The van der Waals surface area contributed by atoms with E-state index in [2.05, 4.69) is 10.3 Å². The molecule has 0 saturated heterocycles. The van der Waals surface area contributed by atoms with E-state index in [0.29, 0.717) is 11.3 Å². The fraction of sp³-hybridized carbons (Fsp3) is 0.0769. The van der Waals surface area contributed by atoms with E-state index in [1.54, 1.807) is 18.2 Å². The van der Waals surface area contributed by atoms with E-state index >= 15 is 0 Å². The molecular formula is C13H7ClF3N3. The minimum absolute atomic E-state index is 0.0417. The lowest BCUT2D eigenvalue weighted by molar-refractivity contribution is -0.137. The van der Waals surface area contributed by atoms with Crippen molar-refractivity contribution in [3.8, 4) is 6.07 Å². The van der Waals surface area contributed by atoms with Gasteiger partial charge in [-0.2, -0.15) is 18.4 Å². The van der Waals surface area contributed by atoms with E-state index in [1.807, 2.05) is 6.07 Å². The molecule has 0 radical (unpaired) electrons. The normalized spacial score (nSPS) is 10.9. The Labute approximate surface area is 117 Å². The highest BCUT2D eigenvalue weighted by Gasteiger charge is 2.31. The van der Waals surface area contributed by atoms with Crippen LogP contribution in [-0.2, 0) is 6.18 Å². The summed E-state index contributed by atoms with van der Waals surface area (Å²) in [5.41, 5.74) is -0.0588. The maximum Gasteiger partial charge on any atom is 0.416 e. The first-order valence-corrected chi connectivity index (χ1v) is 5.78. The zero-order valence-corrected chi connectivity index (χ0v) is 10.6. The van der Waals surface area contributed by atoms with E-state index in [4.69, 9.17) is 16.9 Å². The number of aromatic nitrogens is 1. The third-order valence-electron chi connectivity index (χ3n) is 2.39. The van der Waals surface area contributed by atoms with Crippen molar-refractivity contribution in [2.45, 2.75) is 6.18 Å². The van der Waals surface area contributed by atoms with Gasteiger partial charge >= 0.3 is 6.18 Å². The third-order valence-corrected chi connectivity index (χ3v) is 2.58. The van der Waals surface area contributed by atoms with Crippen LogP contribution in [0.4, 0.5) is 24.7 Å². The predicted molar refractivity (Wildman–Crippen MR) is 68.7 cm³/mol. The number of pyridine rings is 1. The van der Waals surface area contributed by atoms with Gasteiger partial charge in [0.05, 0.1) is 17.2 Å². The van der Waals surface area contributed by atoms with Crippen molar-refractivity contribution in [2.75, 3.05) is 5.32 Å². The monoisotopic (exact) mass is 297 g/mol. The van der Waals surface area contributed by atoms with E-state index in [0.717, 1.165) is 12.1 Å². The highest BCUT2D eigenvalue weighted by atomic mass is 35.5. The minimum atomic E-state index is -4.50. The fourth-order valence-corrected chi connectivity index (χ4v) is 1.75. The number of anilines is 2. The summed E-state index contributed by atoms with van der Waals surface area (Å²) in [6.07, 6.45) is -4.50. The molecule has 0 atom stereocenters. The number of hydrogen-bond acceptors (Lipinski definition) is 3. The second kappa shape index (κ2) is 5.39. The van der Waals surface area contributed by atoms with Crippen LogP contribution in [-0.4, -0.2) is 4.98 Å². The minimum Gasteiger partial charge on any atom is -0.340 e. The molecule has 0 aliphatic heterocycles. The summed E-state index contributed by atoms with van der Waals surface area (Å²) in [4.78, 5) is 3.77. The summed E-state index contributed by atoms with van der Waals surface area (Å²) < 4.78 is 37.9. The van der Waals surface area contributed by atoms with E-state index in [1.165, 1.54) is 6.07 Å². The quantitative estimate of drug-likeness (QED) is 0.837. The molecule has 1 heterocycles. The second-order valence-electron chi connectivity index (χ2n) is 3.88. The van der Waals surface area contributed by atoms with Gasteiger partial charge in [0.15, 0.2) is 0 Å².